The van der Waals surface area contributed by atoms with Crippen LogP contribution in [-0.2, 0) is 32.2 Å². The van der Waals surface area contributed by atoms with Crippen molar-refractivity contribution in [2.75, 3.05) is 32.0 Å². The molecule has 1 saturated heterocycles. The van der Waals surface area contributed by atoms with Gasteiger partial charge < -0.3 is 56.1 Å². The summed E-state index contributed by atoms with van der Waals surface area (Å²) in [6.07, 6.45) is -1.37. The lowest BCUT2D eigenvalue weighted by Gasteiger charge is -2.44. The van der Waals surface area contributed by atoms with E-state index in [2.05, 4.69) is 10.6 Å². The van der Waals surface area contributed by atoms with Gasteiger partial charge in [-0.05, 0) is 56.4 Å². The number of carbonyl (C=O) groups is 4. The van der Waals surface area contributed by atoms with E-state index in [0.717, 1.165) is 53.1 Å². The van der Waals surface area contributed by atoms with Crippen molar-refractivity contribution in [1.29, 1.82) is 0 Å². The summed E-state index contributed by atoms with van der Waals surface area (Å²) in [6, 6.07) is 10.6. The number of nitrogens with two attached hydrogens (primary N) is 1. The topological polar surface area (TPSA) is 255 Å². The zero-order valence-corrected chi connectivity index (χ0v) is 36.7. The normalized spacial score (nSPS) is 18.8. The molecule has 0 saturated carbocycles. The van der Waals surface area contributed by atoms with Crippen LogP contribution in [0.4, 0.5) is 18.0 Å². The molecule has 6 unspecified atom stereocenters. The molecule has 0 aliphatic carbocycles. The molecule has 3 heterocycles. The number of ether oxygens (including phenoxy) is 1. The smallest absolute Gasteiger partial charge is 0.408 e. The van der Waals surface area contributed by atoms with Gasteiger partial charge in [-0.1, -0.05) is 44.2 Å². The number of alkyl halides is 1. The molecule has 1 aliphatic rings. The van der Waals surface area contributed by atoms with Crippen molar-refractivity contribution in [2.24, 2.45) is 17.1 Å². The molecule has 17 nitrogen and oxygen atoms in total. The molecule has 1 aliphatic heterocycles. The number of hydrogen-bond donors (Lipinski definition) is 8. The van der Waals surface area contributed by atoms with Gasteiger partial charge in [0, 0.05) is 55.7 Å². The molecule has 9 N–H and O–H groups in total. The highest BCUT2D eigenvalue weighted by Crippen LogP contribution is 2.44. The first-order valence-electron chi connectivity index (χ1n) is 20.3. The number of aliphatic hydroxyl groups is 1. The number of hydrogen-bond acceptors (Lipinski definition) is 12. The number of halogens is 3. The van der Waals surface area contributed by atoms with E-state index in [1.54, 1.807) is 30.5 Å². The van der Waals surface area contributed by atoms with Gasteiger partial charge in [0.25, 0.3) is 5.91 Å². The van der Waals surface area contributed by atoms with Crippen LogP contribution in [-0.4, -0.2) is 124 Å². The molecule has 4 aromatic rings. The molecule has 1 fully saturated rings. The summed E-state index contributed by atoms with van der Waals surface area (Å²) < 4.78 is 53.9. The maximum atomic E-state index is 16.0. The van der Waals surface area contributed by atoms with Crippen LogP contribution in [0.5, 0.6) is 11.8 Å². The number of benzene rings is 2. The molecule has 64 heavy (non-hydrogen) atoms. The first kappa shape index (κ1) is 49.2. The zero-order chi connectivity index (χ0) is 47.3. The Morgan fingerprint density at radius 2 is 1.80 bits per heavy atom. The second-order valence-corrected chi connectivity index (χ2v) is 18.1. The molecule has 5 rings (SSSR count). The van der Waals surface area contributed by atoms with E-state index < -0.39 is 101 Å². The van der Waals surface area contributed by atoms with Gasteiger partial charge in [0.05, 0.1) is 29.8 Å². The van der Waals surface area contributed by atoms with Gasteiger partial charge in [0.15, 0.2) is 11.4 Å². The molecule has 2 aromatic heterocycles. The van der Waals surface area contributed by atoms with Gasteiger partial charge in [0.2, 0.25) is 5.88 Å². The number of nitrogens with zero attached hydrogens (tertiary/aromatic N) is 4. The molecule has 6 atom stereocenters. The van der Waals surface area contributed by atoms with E-state index in [4.69, 9.17) is 20.6 Å². The maximum absolute atomic E-state index is 16.0. The summed E-state index contributed by atoms with van der Waals surface area (Å²) in [5, 5.41) is 56.7. The van der Waals surface area contributed by atoms with Gasteiger partial charge in [-0.25, -0.2) is 27.7 Å². The zero-order valence-electron chi connectivity index (χ0n) is 35.9. The van der Waals surface area contributed by atoms with E-state index in [1.165, 1.54) is 24.9 Å². The lowest BCUT2D eigenvalue weighted by atomic mass is 9.78. The fourth-order valence-electron chi connectivity index (χ4n) is 7.49. The molecule has 348 valence electrons. The Hall–Kier alpha value is -5.77. The van der Waals surface area contributed by atoms with Crippen LogP contribution in [0.25, 0.3) is 11.3 Å². The van der Waals surface area contributed by atoms with Crippen LogP contribution >= 0.6 is 11.8 Å². The fourth-order valence-corrected chi connectivity index (χ4v) is 8.42. The summed E-state index contributed by atoms with van der Waals surface area (Å²) in [5.74, 6) is -7.16. The first-order valence-corrected chi connectivity index (χ1v) is 21.3. The van der Waals surface area contributed by atoms with Gasteiger partial charge in [-0.2, -0.15) is 0 Å². The Bertz CT molecular complexity index is 2330. The third kappa shape index (κ3) is 11.5. The standard InChI is InChI=1S/C43H54F3N7O10S/c1-24(54)36(56)52(19-26-17-48-22-42(26,4)46)34(35-49-31(28-15-27(44)11-12-29(28)45)20-51(35)18-25-9-7-6-8-10-25)41(2,3)13-14-63-40(62)50-43(5,39(60)61)23-53-33(55)16-32(37(53)57)64-21-30(47)38(58)59/h6-12,15-16,20,24,26,30,34,48,54-55,57H,13-14,17-19,21-23,47H2,1-5H3,(H,50,62)(H,58,59)(H,60,61). The Balaban J connectivity index is 1.49. The van der Waals surface area contributed by atoms with Gasteiger partial charge in [-0.15, -0.1) is 11.8 Å². The highest BCUT2D eigenvalue weighted by Gasteiger charge is 2.47. The number of aromatic hydroxyl groups is 2. The summed E-state index contributed by atoms with van der Waals surface area (Å²) >= 11 is 0.803. The number of carboxylic acids is 2. The summed E-state index contributed by atoms with van der Waals surface area (Å²) in [7, 11) is 0. The van der Waals surface area contributed by atoms with E-state index in [1.807, 2.05) is 18.2 Å². The summed E-state index contributed by atoms with van der Waals surface area (Å²) in [5.41, 5.74) is 0.975. The highest BCUT2D eigenvalue weighted by molar-refractivity contribution is 7.99. The fraction of sp³-hybridized carbons (Fsp3) is 0.465. The van der Waals surface area contributed by atoms with Crippen molar-refractivity contribution in [3.05, 3.63) is 83.8 Å². The Kier molecular flexibility index (Phi) is 15.4. The SMILES string of the molecule is CC(O)C(=O)N(CC1CNCC1(C)F)C(c1nc(-c2cc(F)ccc2F)cn1Cc1ccccc1)C(C)(C)CCOC(=O)NC(C)(Cn1c(O)cc(SCC(N)C(=O)O)c1O)C(=O)O. The van der Waals surface area contributed by atoms with Gasteiger partial charge in [-0.3, -0.25) is 14.2 Å². The lowest BCUT2D eigenvalue weighted by Crippen LogP contribution is -2.55. The minimum Gasteiger partial charge on any atom is -0.494 e. The molecule has 21 heteroatoms. The predicted molar refractivity (Wildman–Crippen MR) is 228 cm³/mol. The monoisotopic (exact) mass is 917 g/mol. The highest BCUT2D eigenvalue weighted by atomic mass is 32.2. The van der Waals surface area contributed by atoms with E-state index in [9.17, 15) is 44.0 Å². The van der Waals surface area contributed by atoms with E-state index >= 15 is 8.78 Å². The first-order chi connectivity index (χ1) is 29.9. The van der Waals surface area contributed by atoms with Crippen molar-refractivity contribution < 1.29 is 62.6 Å². The number of carbonyl (C=O) groups excluding carboxylic acids is 2. The minimum absolute atomic E-state index is 0.00217. The van der Waals surface area contributed by atoms with Gasteiger partial charge in [0.1, 0.15) is 35.3 Å². The average molecular weight is 918 g/mol. The average Bonchev–Trinajstić information content (AvgIpc) is 3.86. The number of nitrogens with one attached hydrogen (secondary N) is 2. The molecule has 0 spiro atoms. The number of alkyl carbamates (subject to hydrolysis) is 1. The Morgan fingerprint density at radius 1 is 1.11 bits per heavy atom. The van der Waals surface area contributed by atoms with Crippen LogP contribution in [0, 0.1) is 23.0 Å². The van der Waals surface area contributed by atoms with E-state index in [-0.39, 0.29) is 60.3 Å². The van der Waals surface area contributed by atoms with Crippen molar-refractivity contribution >= 4 is 35.7 Å². The molecule has 2 amide bonds. The second-order valence-electron chi connectivity index (χ2n) is 17.1. The van der Waals surface area contributed by atoms with Crippen molar-refractivity contribution in [2.45, 2.75) is 88.4 Å². The number of rotatable bonds is 20. The molecule has 2 aromatic carbocycles. The van der Waals surface area contributed by atoms with Crippen LogP contribution in [0.1, 0.15) is 58.5 Å². The largest absolute Gasteiger partial charge is 0.494 e. The number of carboxylic acid groups (broad SMARTS) is 2. The molecular weight excluding hydrogens is 864 g/mol. The third-order valence-electron chi connectivity index (χ3n) is 11.3. The van der Waals surface area contributed by atoms with Crippen molar-refractivity contribution in [3.63, 3.8) is 0 Å². The minimum atomic E-state index is -2.21. The lowest BCUT2D eigenvalue weighted by molar-refractivity contribution is -0.147. The van der Waals surface area contributed by atoms with Gasteiger partial charge >= 0.3 is 18.0 Å². The molecule has 0 radical (unpaired) electrons. The quantitative estimate of drug-likeness (QED) is 0.0570. The van der Waals surface area contributed by atoms with Crippen LogP contribution in [0.2, 0.25) is 0 Å². The van der Waals surface area contributed by atoms with Crippen LogP contribution in [0.15, 0.2) is 65.7 Å². The number of aliphatic hydroxyl groups excluding tert-OH is 1. The van der Waals surface area contributed by atoms with Crippen LogP contribution < -0.4 is 16.4 Å². The van der Waals surface area contributed by atoms with Crippen molar-refractivity contribution in [3.8, 4) is 23.0 Å². The Morgan fingerprint density at radius 3 is 2.41 bits per heavy atom. The summed E-state index contributed by atoms with van der Waals surface area (Å²) in [6.45, 7) is 6.15. The number of imidazole rings is 1. The number of aromatic nitrogens is 3. The predicted octanol–water partition coefficient (Wildman–Crippen LogP) is 4.48. The van der Waals surface area contributed by atoms with Crippen LogP contribution in [0.3, 0.4) is 0 Å². The number of thioether (sulfide) groups is 1. The Labute approximate surface area is 371 Å². The molecule has 0 bridgehead atoms. The second kappa shape index (κ2) is 20.0. The summed E-state index contributed by atoms with van der Waals surface area (Å²) in [4.78, 5) is 57.4. The number of aliphatic carboxylic acids is 2. The van der Waals surface area contributed by atoms with Crippen molar-refractivity contribution in [1.82, 2.24) is 29.7 Å². The maximum Gasteiger partial charge on any atom is 0.408 e. The third-order valence-corrected chi connectivity index (χ3v) is 12.5. The van der Waals surface area contributed by atoms with E-state index in [0.29, 0.717) is 0 Å². The number of amides is 2. The molecular formula is C43H54F3N7O10S.